The molecule has 3 nitrogen and oxygen atoms in total. The van der Waals surface area contributed by atoms with Crippen LogP contribution in [-0.4, -0.2) is 13.2 Å². The maximum Gasteiger partial charge on any atom is 0.235 e. The first-order valence-corrected chi connectivity index (χ1v) is 6.05. The zero-order valence-corrected chi connectivity index (χ0v) is 10.9. The van der Waals surface area contributed by atoms with Crippen LogP contribution in [0.1, 0.15) is 24.8 Å². The average Bonchev–Trinajstić information content (AvgIpc) is 2.27. The number of benzene rings is 1. The quantitative estimate of drug-likeness (QED) is 0.634. The standard InChI is InChI=1S/C12H11BrFNO2/c1-17-8-5-9(11(14)10(13)6-8)12(15-7-16)3-2-4-12/h5-6H,2-4H2,1H3. The number of carbonyl (C=O) groups excluding carboxylic acids is 1. The van der Waals surface area contributed by atoms with E-state index in [9.17, 15) is 9.18 Å². The second kappa shape index (κ2) is 4.59. The number of rotatable bonds is 3. The van der Waals surface area contributed by atoms with Gasteiger partial charge in [-0.1, -0.05) is 0 Å². The number of ether oxygens (including phenoxy) is 1. The second-order valence-electron chi connectivity index (χ2n) is 4.06. The molecular formula is C12H11BrFNO2. The number of hydrogen-bond donors (Lipinski definition) is 0. The van der Waals surface area contributed by atoms with Crippen LogP contribution in [0, 0.1) is 5.82 Å². The van der Waals surface area contributed by atoms with Crippen LogP contribution in [0.2, 0.25) is 0 Å². The van der Waals surface area contributed by atoms with E-state index < -0.39 is 5.54 Å². The number of hydrogen-bond acceptors (Lipinski definition) is 3. The van der Waals surface area contributed by atoms with Crippen LogP contribution < -0.4 is 4.74 Å². The lowest BCUT2D eigenvalue weighted by Gasteiger charge is -2.37. The SMILES string of the molecule is COc1cc(Br)c(F)c(C2(N=C=O)CCC2)c1. The highest BCUT2D eigenvalue weighted by Gasteiger charge is 2.41. The van der Waals surface area contributed by atoms with Gasteiger partial charge in [-0.05, 0) is 47.3 Å². The molecule has 0 aliphatic heterocycles. The van der Waals surface area contributed by atoms with Crippen molar-refractivity contribution in [1.82, 2.24) is 0 Å². The molecule has 0 heterocycles. The molecule has 1 aliphatic carbocycles. The predicted molar refractivity (Wildman–Crippen MR) is 64.3 cm³/mol. The normalized spacial score (nSPS) is 16.9. The highest BCUT2D eigenvalue weighted by Crippen LogP contribution is 2.47. The van der Waals surface area contributed by atoms with Crippen molar-refractivity contribution in [3.8, 4) is 5.75 Å². The van der Waals surface area contributed by atoms with Gasteiger partial charge < -0.3 is 4.74 Å². The zero-order chi connectivity index (χ0) is 12.5. The van der Waals surface area contributed by atoms with Crippen molar-refractivity contribution in [1.29, 1.82) is 0 Å². The minimum absolute atomic E-state index is 0.319. The average molecular weight is 300 g/mol. The van der Waals surface area contributed by atoms with E-state index in [1.54, 1.807) is 18.2 Å². The molecule has 0 atom stereocenters. The van der Waals surface area contributed by atoms with Crippen LogP contribution in [0.4, 0.5) is 4.39 Å². The van der Waals surface area contributed by atoms with Gasteiger partial charge in [0.1, 0.15) is 17.1 Å². The summed E-state index contributed by atoms with van der Waals surface area (Å²) in [7, 11) is 1.51. The van der Waals surface area contributed by atoms with Gasteiger partial charge in [0, 0.05) is 5.56 Å². The molecular weight excluding hydrogens is 289 g/mol. The van der Waals surface area contributed by atoms with E-state index >= 15 is 0 Å². The lowest BCUT2D eigenvalue weighted by Crippen LogP contribution is -2.33. The molecule has 0 aromatic heterocycles. The second-order valence-corrected chi connectivity index (χ2v) is 4.91. The molecule has 5 heteroatoms. The van der Waals surface area contributed by atoms with Crippen LogP contribution in [-0.2, 0) is 10.3 Å². The van der Waals surface area contributed by atoms with Gasteiger partial charge in [-0.25, -0.2) is 9.18 Å². The molecule has 0 N–H and O–H groups in total. The molecule has 2 rings (SSSR count). The first-order valence-electron chi connectivity index (χ1n) is 5.25. The monoisotopic (exact) mass is 299 g/mol. The van der Waals surface area contributed by atoms with Crippen molar-refractivity contribution >= 4 is 22.0 Å². The molecule has 1 aromatic rings. The summed E-state index contributed by atoms with van der Waals surface area (Å²) in [5, 5.41) is 0. The number of nitrogens with zero attached hydrogens (tertiary/aromatic N) is 1. The van der Waals surface area contributed by atoms with Crippen LogP contribution in [0.25, 0.3) is 0 Å². The Hall–Kier alpha value is -1.19. The Kier molecular flexibility index (Phi) is 3.31. The Bertz CT molecular complexity index is 494. The Labute approximate surface area is 107 Å². The molecule has 0 radical (unpaired) electrons. The van der Waals surface area contributed by atoms with Crippen LogP contribution >= 0.6 is 15.9 Å². The van der Waals surface area contributed by atoms with Gasteiger partial charge in [0.05, 0.1) is 11.6 Å². The highest BCUT2D eigenvalue weighted by atomic mass is 79.9. The van der Waals surface area contributed by atoms with Gasteiger partial charge in [-0.15, -0.1) is 0 Å². The number of halogens is 2. The van der Waals surface area contributed by atoms with Crippen LogP contribution in [0.3, 0.4) is 0 Å². The van der Waals surface area contributed by atoms with Crippen molar-refractivity contribution in [2.75, 3.05) is 7.11 Å². The van der Waals surface area contributed by atoms with Crippen molar-refractivity contribution in [3.05, 3.63) is 28.0 Å². The summed E-state index contributed by atoms with van der Waals surface area (Å²) in [5.74, 6) is 0.158. The van der Waals surface area contributed by atoms with E-state index in [1.165, 1.54) is 7.11 Å². The smallest absolute Gasteiger partial charge is 0.235 e. The van der Waals surface area contributed by atoms with Gasteiger partial charge in [0.2, 0.25) is 6.08 Å². The number of isocyanates is 1. The van der Waals surface area contributed by atoms with E-state index in [0.717, 1.165) is 6.42 Å². The van der Waals surface area contributed by atoms with Crippen LogP contribution in [0.5, 0.6) is 5.75 Å². The summed E-state index contributed by atoms with van der Waals surface area (Å²) in [6, 6.07) is 3.15. The van der Waals surface area contributed by atoms with Gasteiger partial charge in [0.15, 0.2) is 0 Å². The molecule has 0 saturated heterocycles. The third-order valence-corrected chi connectivity index (χ3v) is 3.76. The highest BCUT2D eigenvalue weighted by molar-refractivity contribution is 9.10. The van der Waals surface area contributed by atoms with Crippen molar-refractivity contribution < 1.29 is 13.9 Å². The lowest BCUT2D eigenvalue weighted by molar-refractivity contribution is 0.246. The number of methoxy groups -OCH3 is 1. The maximum absolute atomic E-state index is 14.1. The van der Waals surface area contributed by atoms with E-state index in [2.05, 4.69) is 20.9 Å². The third kappa shape index (κ3) is 2.01. The largest absolute Gasteiger partial charge is 0.497 e. The molecule has 0 bridgehead atoms. The lowest BCUT2D eigenvalue weighted by atomic mass is 9.72. The summed E-state index contributed by atoms with van der Waals surface area (Å²) in [5.41, 5.74) is -0.346. The first-order chi connectivity index (χ1) is 8.13. The van der Waals surface area contributed by atoms with Gasteiger partial charge in [-0.3, -0.25) is 0 Å². The fourth-order valence-corrected chi connectivity index (χ4v) is 2.50. The van der Waals surface area contributed by atoms with Crippen molar-refractivity contribution in [3.63, 3.8) is 0 Å². The van der Waals surface area contributed by atoms with E-state index in [4.69, 9.17) is 4.74 Å². The van der Waals surface area contributed by atoms with E-state index in [-0.39, 0.29) is 5.82 Å². The molecule has 90 valence electrons. The zero-order valence-electron chi connectivity index (χ0n) is 9.30. The van der Waals surface area contributed by atoms with Crippen molar-refractivity contribution in [2.45, 2.75) is 24.8 Å². The molecule has 1 saturated carbocycles. The minimum atomic E-state index is -0.747. The fourth-order valence-electron chi connectivity index (χ4n) is 2.06. The minimum Gasteiger partial charge on any atom is -0.497 e. The first kappa shape index (κ1) is 12.3. The molecule has 0 spiro atoms. The summed E-state index contributed by atoms with van der Waals surface area (Å²) < 4.78 is 19.5. The predicted octanol–water partition coefficient (Wildman–Crippen LogP) is 3.31. The van der Waals surface area contributed by atoms with Crippen LogP contribution in [0.15, 0.2) is 21.6 Å². The maximum atomic E-state index is 14.1. The number of aliphatic imine (C=N–C) groups is 1. The summed E-state index contributed by atoms with van der Waals surface area (Å²) in [6.07, 6.45) is 3.81. The van der Waals surface area contributed by atoms with Gasteiger partial charge >= 0.3 is 0 Å². The fraction of sp³-hybridized carbons (Fsp3) is 0.417. The molecule has 0 unspecified atom stereocenters. The van der Waals surface area contributed by atoms with Crippen molar-refractivity contribution in [2.24, 2.45) is 4.99 Å². The Morgan fingerprint density at radius 3 is 2.71 bits per heavy atom. The topological polar surface area (TPSA) is 38.7 Å². The molecule has 1 aromatic carbocycles. The molecule has 1 fully saturated rings. The van der Waals surface area contributed by atoms with Gasteiger partial charge in [-0.2, -0.15) is 4.99 Å². The molecule has 0 amide bonds. The molecule has 17 heavy (non-hydrogen) atoms. The summed E-state index contributed by atoms with van der Waals surface area (Å²) >= 11 is 3.14. The Morgan fingerprint density at radius 1 is 1.53 bits per heavy atom. The Balaban J connectivity index is 2.57. The third-order valence-electron chi connectivity index (χ3n) is 3.18. The van der Waals surface area contributed by atoms with Gasteiger partial charge in [0.25, 0.3) is 0 Å². The Morgan fingerprint density at radius 2 is 2.24 bits per heavy atom. The summed E-state index contributed by atoms with van der Waals surface area (Å²) in [4.78, 5) is 14.3. The summed E-state index contributed by atoms with van der Waals surface area (Å²) in [6.45, 7) is 0. The van der Waals surface area contributed by atoms with E-state index in [1.807, 2.05) is 0 Å². The van der Waals surface area contributed by atoms with E-state index in [0.29, 0.717) is 28.6 Å². The molecule has 1 aliphatic rings.